The van der Waals surface area contributed by atoms with Gasteiger partial charge >= 0.3 is 0 Å². The number of nitrogens with one attached hydrogen (secondary N) is 1. The Morgan fingerprint density at radius 3 is 2.61 bits per heavy atom. The van der Waals surface area contributed by atoms with E-state index in [0.29, 0.717) is 6.04 Å². The Balaban J connectivity index is 1.86. The monoisotopic (exact) mass is 243 g/mol. The van der Waals surface area contributed by atoms with Crippen molar-refractivity contribution in [1.82, 2.24) is 9.78 Å². The zero-order valence-electron chi connectivity index (χ0n) is 11.4. The van der Waals surface area contributed by atoms with Crippen LogP contribution >= 0.6 is 0 Å². The smallest absolute Gasteiger partial charge is 0.0825 e. The first-order valence-corrected chi connectivity index (χ1v) is 6.46. The second kappa shape index (κ2) is 5.71. The van der Waals surface area contributed by atoms with Crippen LogP contribution in [0.25, 0.3) is 0 Å². The molecule has 0 saturated heterocycles. The lowest BCUT2D eigenvalue weighted by Gasteiger charge is -2.14. The van der Waals surface area contributed by atoms with Crippen LogP contribution in [0.3, 0.4) is 0 Å². The molecule has 0 aliphatic carbocycles. The van der Waals surface area contributed by atoms with E-state index in [4.69, 9.17) is 0 Å². The van der Waals surface area contributed by atoms with Gasteiger partial charge in [-0.2, -0.15) is 5.10 Å². The van der Waals surface area contributed by atoms with Crippen LogP contribution < -0.4 is 5.32 Å². The molecule has 3 nitrogen and oxygen atoms in total. The van der Waals surface area contributed by atoms with E-state index in [9.17, 15) is 0 Å². The summed E-state index contributed by atoms with van der Waals surface area (Å²) in [7, 11) is 1.95. The van der Waals surface area contributed by atoms with E-state index in [1.807, 2.05) is 24.9 Å². The number of benzene rings is 1. The van der Waals surface area contributed by atoms with E-state index in [0.717, 1.165) is 24.2 Å². The first-order chi connectivity index (χ1) is 8.65. The highest BCUT2D eigenvalue weighted by atomic mass is 15.3. The molecule has 1 heterocycles. The van der Waals surface area contributed by atoms with Crippen molar-refractivity contribution in [3.05, 3.63) is 47.8 Å². The highest BCUT2D eigenvalue weighted by Crippen LogP contribution is 2.15. The van der Waals surface area contributed by atoms with E-state index in [1.54, 1.807) is 0 Å². The quantitative estimate of drug-likeness (QED) is 0.874. The fourth-order valence-corrected chi connectivity index (χ4v) is 2.11. The van der Waals surface area contributed by atoms with E-state index in [1.165, 1.54) is 5.56 Å². The molecule has 18 heavy (non-hydrogen) atoms. The highest BCUT2D eigenvalue weighted by Gasteiger charge is 2.07. The maximum Gasteiger partial charge on any atom is 0.0825 e. The molecule has 96 valence electrons. The summed E-state index contributed by atoms with van der Waals surface area (Å²) in [5.41, 5.74) is 3.59. The van der Waals surface area contributed by atoms with Crippen molar-refractivity contribution in [2.75, 3.05) is 5.32 Å². The van der Waals surface area contributed by atoms with Crippen LogP contribution in [0.2, 0.25) is 0 Å². The highest BCUT2D eigenvalue weighted by molar-refractivity contribution is 5.46. The molecule has 0 amide bonds. The van der Waals surface area contributed by atoms with Crippen LogP contribution in [0.1, 0.15) is 24.6 Å². The molecule has 3 heteroatoms. The fraction of sp³-hybridized carbons (Fsp3) is 0.400. The summed E-state index contributed by atoms with van der Waals surface area (Å²) >= 11 is 0. The Morgan fingerprint density at radius 2 is 2.00 bits per heavy atom. The maximum absolute atomic E-state index is 4.34. The third-order valence-corrected chi connectivity index (χ3v) is 3.12. The van der Waals surface area contributed by atoms with Gasteiger partial charge in [0.15, 0.2) is 0 Å². The standard InChI is InChI=1S/C15H21N3/c1-12(9-10-14-7-5-4-6-8-14)16-15-11-18(3)17-13(15)2/h4-8,11-12,16H,9-10H2,1-3H3. The Kier molecular flexibility index (Phi) is 4.03. The van der Waals surface area contributed by atoms with E-state index in [-0.39, 0.29) is 0 Å². The molecule has 0 fully saturated rings. The molecule has 1 N–H and O–H groups in total. The molecule has 1 aromatic carbocycles. The number of aromatic nitrogens is 2. The van der Waals surface area contributed by atoms with E-state index < -0.39 is 0 Å². The number of hydrogen-bond acceptors (Lipinski definition) is 2. The Labute approximate surface area is 109 Å². The molecule has 1 atom stereocenters. The first-order valence-electron chi connectivity index (χ1n) is 6.46. The summed E-state index contributed by atoms with van der Waals surface area (Å²) in [6, 6.07) is 11.1. The molecule has 0 bridgehead atoms. The van der Waals surface area contributed by atoms with Crippen LogP contribution in [0.4, 0.5) is 5.69 Å². The minimum atomic E-state index is 0.452. The van der Waals surface area contributed by atoms with Crippen LogP contribution in [0.5, 0.6) is 0 Å². The van der Waals surface area contributed by atoms with Gasteiger partial charge in [0.25, 0.3) is 0 Å². The number of anilines is 1. The zero-order valence-corrected chi connectivity index (χ0v) is 11.4. The predicted molar refractivity (Wildman–Crippen MR) is 75.8 cm³/mol. The lowest BCUT2D eigenvalue weighted by Crippen LogP contribution is -2.16. The van der Waals surface area contributed by atoms with Gasteiger partial charge in [-0.05, 0) is 32.3 Å². The molecular formula is C15H21N3. The van der Waals surface area contributed by atoms with Crippen molar-refractivity contribution in [2.24, 2.45) is 7.05 Å². The third-order valence-electron chi connectivity index (χ3n) is 3.12. The largest absolute Gasteiger partial charge is 0.380 e. The van der Waals surface area contributed by atoms with Gasteiger partial charge in [0.2, 0.25) is 0 Å². The van der Waals surface area contributed by atoms with Crippen molar-refractivity contribution in [3.63, 3.8) is 0 Å². The Hall–Kier alpha value is -1.77. The average molecular weight is 243 g/mol. The molecule has 1 unspecified atom stereocenters. The van der Waals surface area contributed by atoms with Crippen LogP contribution in [0.15, 0.2) is 36.5 Å². The summed E-state index contributed by atoms with van der Waals surface area (Å²) in [5, 5.41) is 7.85. The third kappa shape index (κ3) is 3.36. The van der Waals surface area contributed by atoms with Crippen molar-refractivity contribution < 1.29 is 0 Å². The minimum Gasteiger partial charge on any atom is -0.380 e. The Morgan fingerprint density at radius 1 is 1.28 bits per heavy atom. The van der Waals surface area contributed by atoms with Crippen molar-refractivity contribution in [1.29, 1.82) is 0 Å². The van der Waals surface area contributed by atoms with Gasteiger partial charge < -0.3 is 5.32 Å². The van der Waals surface area contributed by atoms with Gasteiger partial charge in [-0.1, -0.05) is 30.3 Å². The number of hydrogen-bond donors (Lipinski definition) is 1. The molecule has 0 saturated carbocycles. The first kappa shape index (κ1) is 12.7. The molecule has 2 rings (SSSR count). The minimum absolute atomic E-state index is 0.452. The van der Waals surface area contributed by atoms with Gasteiger partial charge in [0.05, 0.1) is 11.4 Å². The topological polar surface area (TPSA) is 29.9 Å². The SMILES string of the molecule is Cc1nn(C)cc1NC(C)CCc1ccccc1. The molecule has 1 aromatic heterocycles. The van der Waals surface area contributed by atoms with E-state index >= 15 is 0 Å². The zero-order chi connectivity index (χ0) is 13.0. The lowest BCUT2D eigenvalue weighted by molar-refractivity contribution is 0.705. The number of aryl methyl sites for hydroxylation is 3. The van der Waals surface area contributed by atoms with Crippen LogP contribution in [0, 0.1) is 6.92 Å². The normalized spacial score (nSPS) is 12.4. The molecule has 2 aromatic rings. The number of nitrogens with zero attached hydrogens (tertiary/aromatic N) is 2. The van der Waals surface area contributed by atoms with Crippen molar-refractivity contribution >= 4 is 5.69 Å². The molecule has 0 aliphatic rings. The fourth-order valence-electron chi connectivity index (χ4n) is 2.11. The summed E-state index contributed by atoms with van der Waals surface area (Å²) < 4.78 is 1.85. The van der Waals surface area contributed by atoms with Gasteiger partial charge in [-0.25, -0.2) is 0 Å². The summed E-state index contributed by atoms with van der Waals surface area (Å²) in [4.78, 5) is 0. The van der Waals surface area contributed by atoms with Crippen LogP contribution in [-0.2, 0) is 13.5 Å². The van der Waals surface area contributed by atoms with E-state index in [2.05, 4.69) is 47.7 Å². The maximum atomic E-state index is 4.34. The predicted octanol–water partition coefficient (Wildman–Crippen LogP) is 3.16. The van der Waals surface area contributed by atoms with Crippen molar-refractivity contribution in [3.8, 4) is 0 Å². The van der Waals surface area contributed by atoms with Crippen LogP contribution in [-0.4, -0.2) is 15.8 Å². The van der Waals surface area contributed by atoms with Gasteiger partial charge in [-0.15, -0.1) is 0 Å². The lowest BCUT2D eigenvalue weighted by atomic mass is 10.1. The van der Waals surface area contributed by atoms with Gasteiger partial charge in [0.1, 0.15) is 0 Å². The average Bonchev–Trinajstić information content (AvgIpc) is 2.67. The van der Waals surface area contributed by atoms with Crippen molar-refractivity contribution in [2.45, 2.75) is 32.7 Å². The molecule has 0 radical (unpaired) electrons. The summed E-state index contributed by atoms with van der Waals surface area (Å²) in [5.74, 6) is 0. The van der Waals surface area contributed by atoms with Gasteiger partial charge in [-0.3, -0.25) is 4.68 Å². The summed E-state index contributed by atoms with van der Waals surface area (Å²) in [6.45, 7) is 4.25. The molecule has 0 spiro atoms. The number of rotatable bonds is 5. The molecule has 0 aliphatic heterocycles. The second-order valence-corrected chi connectivity index (χ2v) is 4.87. The Bertz CT molecular complexity index is 488. The van der Waals surface area contributed by atoms with Gasteiger partial charge in [0, 0.05) is 19.3 Å². The second-order valence-electron chi connectivity index (χ2n) is 4.87. The molecular weight excluding hydrogens is 222 g/mol. The summed E-state index contributed by atoms with van der Waals surface area (Å²) in [6.07, 6.45) is 4.26.